The first kappa shape index (κ1) is 19.0. The van der Waals surface area contributed by atoms with Crippen molar-refractivity contribution in [2.45, 2.75) is 30.0 Å². The molecule has 0 aromatic heterocycles. The van der Waals surface area contributed by atoms with Crippen molar-refractivity contribution < 1.29 is 26.4 Å². The fourth-order valence-electron chi connectivity index (χ4n) is 2.58. The summed E-state index contributed by atoms with van der Waals surface area (Å²) in [5, 5.41) is -0.314. The van der Waals surface area contributed by atoms with Crippen molar-refractivity contribution in [3.8, 4) is 0 Å². The molecule has 134 valence electrons. The van der Waals surface area contributed by atoms with Crippen molar-refractivity contribution in [1.82, 2.24) is 9.21 Å². The monoisotopic (exact) mass is 384 g/mol. The summed E-state index contributed by atoms with van der Waals surface area (Å²) in [6.07, 6.45) is -3.94. The minimum atomic E-state index is -4.70. The van der Waals surface area contributed by atoms with Crippen molar-refractivity contribution in [2.24, 2.45) is 0 Å². The molecule has 0 bridgehead atoms. The lowest BCUT2D eigenvalue weighted by Gasteiger charge is -2.26. The third kappa shape index (κ3) is 3.52. The molecule has 1 fully saturated rings. The van der Waals surface area contributed by atoms with Gasteiger partial charge in [-0.05, 0) is 31.0 Å². The molecule has 1 aliphatic rings. The fourth-order valence-corrected chi connectivity index (χ4v) is 4.73. The number of halogens is 4. The topological polar surface area (TPSA) is 57.7 Å². The molecule has 1 aliphatic heterocycles. The van der Waals surface area contributed by atoms with E-state index < -0.39 is 38.6 Å². The van der Waals surface area contributed by atoms with Crippen molar-refractivity contribution >= 4 is 27.5 Å². The molecule has 1 amide bonds. The normalized spacial score (nSPS) is 19.5. The number of carbonyl (C=O) groups is 1. The van der Waals surface area contributed by atoms with Crippen molar-refractivity contribution in [3.63, 3.8) is 0 Å². The van der Waals surface area contributed by atoms with E-state index in [2.05, 4.69) is 0 Å². The maximum Gasteiger partial charge on any atom is 0.416 e. The highest BCUT2D eigenvalue weighted by Crippen LogP contribution is 2.36. The number of sulfonamides is 1. The summed E-state index contributed by atoms with van der Waals surface area (Å²) in [6, 6.07) is 1.19. The molecule has 24 heavy (non-hydrogen) atoms. The van der Waals surface area contributed by atoms with Gasteiger partial charge in [0, 0.05) is 20.6 Å². The van der Waals surface area contributed by atoms with Crippen LogP contribution >= 0.6 is 11.6 Å². The molecule has 0 radical (unpaired) electrons. The molecule has 1 saturated heterocycles. The third-order valence-electron chi connectivity index (χ3n) is 3.77. The van der Waals surface area contributed by atoms with Gasteiger partial charge in [-0.2, -0.15) is 17.5 Å². The Morgan fingerprint density at radius 1 is 1.33 bits per heavy atom. The number of carbonyl (C=O) groups excluding carboxylic acids is 1. The van der Waals surface area contributed by atoms with Crippen LogP contribution in [0.15, 0.2) is 23.1 Å². The lowest BCUT2D eigenvalue weighted by molar-refractivity contribution is -0.137. The predicted molar refractivity (Wildman–Crippen MR) is 82.1 cm³/mol. The highest BCUT2D eigenvalue weighted by atomic mass is 35.5. The zero-order valence-corrected chi connectivity index (χ0v) is 14.5. The molecule has 0 N–H and O–H groups in total. The molecular weight excluding hydrogens is 369 g/mol. The van der Waals surface area contributed by atoms with Gasteiger partial charge in [0.2, 0.25) is 15.9 Å². The van der Waals surface area contributed by atoms with Crippen LogP contribution in [-0.2, 0) is 21.0 Å². The van der Waals surface area contributed by atoms with Gasteiger partial charge in [-0.1, -0.05) is 11.6 Å². The molecule has 0 unspecified atom stereocenters. The van der Waals surface area contributed by atoms with E-state index in [1.165, 1.54) is 19.0 Å². The van der Waals surface area contributed by atoms with E-state index in [9.17, 15) is 26.4 Å². The Bertz CT molecular complexity index is 750. The first-order chi connectivity index (χ1) is 11.0. The number of benzene rings is 1. The van der Waals surface area contributed by atoms with Gasteiger partial charge in [0.25, 0.3) is 0 Å². The predicted octanol–water partition coefficient (Wildman–Crippen LogP) is 2.60. The van der Waals surface area contributed by atoms with E-state index in [0.717, 1.165) is 10.4 Å². The van der Waals surface area contributed by atoms with Crippen LogP contribution in [0.4, 0.5) is 13.2 Å². The van der Waals surface area contributed by atoms with Crippen LogP contribution in [0.25, 0.3) is 0 Å². The second-order valence-electron chi connectivity index (χ2n) is 5.65. The molecular formula is C14H16ClF3N2O3S. The minimum absolute atomic E-state index is 0.0547. The minimum Gasteiger partial charge on any atom is -0.347 e. The molecule has 1 atom stereocenters. The molecule has 1 aromatic rings. The number of rotatable bonds is 3. The number of amides is 1. The molecule has 5 nitrogen and oxygen atoms in total. The Morgan fingerprint density at radius 2 is 1.96 bits per heavy atom. The largest absolute Gasteiger partial charge is 0.416 e. The standard InChI is InChI=1S/C14H16ClF3N2O3S/c1-19(2)13(21)11-4-3-7-20(11)24(22,23)12-8-9(14(16,17)18)5-6-10(12)15/h5-6,8,11H,3-4,7H2,1-2H3/t11-/m1/s1. The average molecular weight is 385 g/mol. The van der Waals surface area contributed by atoms with E-state index in [1.54, 1.807) is 0 Å². The number of alkyl halides is 3. The van der Waals surface area contributed by atoms with E-state index in [4.69, 9.17) is 11.6 Å². The highest BCUT2D eigenvalue weighted by molar-refractivity contribution is 7.89. The van der Waals surface area contributed by atoms with Crippen LogP contribution in [0.3, 0.4) is 0 Å². The quantitative estimate of drug-likeness (QED) is 0.805. The van der Waals surface area contributed by atoms with Crippen molar-refractivity contribution in [3.05, 3.63) is 28.8 Å². The van der Waals surface area contributed by atoms with Gasteiger partial charge in [0.05, 0.1) is 10.6 Å². The Kier molecular flexibility index (Phi) is 5.17. The zero-order valence-electron chi connectivity index (χ0n) is 13.0. The summed E-state index contributed by atoms with van der Waals surface area (Å²) in [5.41, 5.74) is -1.11. The van der Waals surface area contributed by atoms with Gasteiger partial charge < -0.3 is 4.90 Å². The smallest absolute Gasteiger partial charge is 0.347 e. The lowest BCUT2D eigenvalue weighted by Crippen LogP contribution is -2.45. The summed E-state index contributed by atoms with van der Waals surface area (Å²) < 4.78 is 65.1. The van der Waals surface area contributed by atoms with Gasteiger partial charge in [-0.25, -0.2) is 8.42 Å². The van der Waals surface area contributed by atoms with Gasteiger partial charge in [-0.15, -0.1) is 0 Å². The zero-order chi connectivity index (χ0) is 18.3. The lowest BCUT2D eigenvalue weighted by atomic mass is 10.2. The number of nitrogens with zero attached hydrogens (tertiary/aromatic N) is 2. The van der Waals surface area contributed by atoms with E-state index in [-0.39, 0.29) is 11.6 Å². The second kappa shape index (κ2) is 6.53. The first-order valence-electron chi connectivity index (χ1n) is 7.06. The summed E-state index contributed by atoms with van der Waals surface area (Å²) in [5.74, 6) is -0.417. The third-order valence-corrected chi connectivity index (χ3v) is 6.16. The van der Waals surface area contributed by atoms with Crippen LogP contribution in [0, 0.1) is 0 Å². The van der Waals surface area contributed by atoms with Crippen molar-refractivity contribution in [2.75, 3.05) is 20.6 Å². The maximum absolute atomic E-state index is 12.9. The van der Waals surface area contributed by atoms with Gasteiger partial charge in [0.1, 0.15) is 10.9 Å². The maximum atomic E-state index is 12.9. The van der Waals surface area contributed by atoms with E-state index >= 15 is 0 Å². The van der Waals surface area contributed by atoms with Crippen molar-refractivity contribution in [1.29, 1.82) is 0 Å². The summed E-state index contributed by atoms with van der Waals surface area (Å²) in [7, 11) is -1.35. The molecule has 1 heterocycles. The summed E-state index contributed by atoms with van der Waals surface area (Å²) in [4.78, 5) is 12.8. The van der Waals surface area contributed by atoms with Gasteiger partial charge in [-0.3, -0.25) is 4.79 Å². The number of likely N-dealkylation sites (N-methyl/N-ethyl adjacent to an activating group) is 1. The van der Waals surface area contributed by atoms with Gasteiger partial charge in [0.15, 0.2) is 0 Å². The SMILES string of the molecule is CN(C)C(=O)[C@H]1CCCN1S(=O)(=O)c1cc(C(F)(F)F)ccc1Cl. The highest BCUT2D eigenvalue weighted by Gasteiger charge is 2.42. The fraction of sp³-hybridized carbons (Fsp3) is 0.500. The van der Waals surface area contributed by atoms with Crippen LogP contribution < -0.4 is 0 Å². The van der Waals surface area contributed by atoms with E-state index in [0.29, 0.717) is 25.0 Å². The molecule has 0 aliphatic carbocycles. The summed E-state index contributed by atoms with van der Waals surface area (Å²) in [6.45, 7) is 0.0547. The molecule has 0 spiro atoms. The second-order valence-corrected chi connectivity index (χ2v) is 7.92. The Morgan fingerprint density at radius 3 is 2.50 bits per heavy atom. The number of hydrogen-bond donors (Lipinski definition) is 0. The molecule has 0 saturated carbocycles. The first-order valence-corrected chi connectivity index (χ1v) is 8.88. The molecule has 10 heteroatoms. The molecule has 2 rings (SSSR count). The Balaban J connectivity index is 2.49. The van der Waals surface area contributed by atoms with Crippen LogP contribution in [0.2, 0.25) is 5.02 Å². The number of hydrogen-bond acceptors (Lipinski definition) is 3. The van der Waals surface area contributed by atoms with Crippen LogP contribution in [-0.4, -0.2) is 50.2 Å². The Hall–Kier alpha value is -1.32. The summed E-state index contributed by atoms with van der Waals surface area (Å²) >= 11 is 5.83. The Labute approximate surface area is 143 Å². The van der Waals surface area contributed by atoms with Crippen LogP contribution in [0.1, 0.15) is 18.4 Å². The van der Waals surface area contributed by atoms with Crippen LogP contribution in [0.5, 0.6) is 0 Å². The average Bonchev–Trinajstić information content (AvgIpc) is 2.95. The van der Waals surface area contributed by atoms with E-state index in [1.807, 2.05) is 0 Å². The molecule has 1 aromatic carbocycles. The van der Waals surface area contributed by atoms with Gasteiger partial charge >= 0.3 is 6.18 Å².